The highest BCUT2D eigenvalue weighted by molar-refractivity contribution is 7.89. The fourth-order valence-corrected chi connectivity index (χ4v) is 2.73. The summed E-state index contributed by atoms with van der Waals surface area (Å²) in [5.74, 6) is -1.29. The molecule has 0 unspecified atom stereocenters. The molecule has 10 heteroatoms. The first-order valence-corrected chi connectivity index (χ1v) is 8.46. The average molecular weight is 348 g/mol. The number of carbonyl (C=O) groups excluding carboxylic acids is 1. The normalized spacial score (nSPS) is 11.4. The number of sulfonamides is 1. The van der Waals surface area contributed by atoms with Crippen molar-refractivity contribution in [2.24, 2.45) is 0 Å². The molecule has 1 amide bonds. The summed E-state index contributed by atoms with van der Waals surface area (Å²) in [5, 5.41) is 11.3. The second kappa shape index (κ2) is 8.65. The summed E-state index contributed by atoms with van der Waals surface area (Å²) >= 11 is 0. The smallest absolute Gasteiger partial charge is 0.339 e. The number of aromatic carboxylic acids is 1. The van der Waals surface area contributed by atoms with Crippen molar-refractivity contribution < 1.29 is 32.3 Å². The topological polar surface area (TPSA) is 135 Å². The fraction of sp³-hybridized carbons (Fsp3) is 0.538. The van der Waals surface area contributed by atoms with Gasteiger partial charge in [0.25, 0.3) is 0 Å². The first-order valence-electron chi connectivity index (χ1n) is 6.80. The lowest BCUT2D eigenvalue weighted by atomic mass is 10.2. The molecule has 1 heterocycles. The number of furan rings is 1. The molecule has 1 rings (SSSR count). The fourth-order valence-electron chi connectivity index (χ4n) is 1.73. The number of methoxy groups -OCH3 is 1. The number of carboxylic acids is 1. The minimum absolute atomic E-state index is 0.0214. The molecule has 0 aliphatic rings. The molecular weight excluding hydrogens is 328 g/mol. The van der Waals surface area contributed by atoms with Crippen molar-refractivity contribution in [3.63, 3.8) is 0 Å². The van der Waals surface area contributed by atoms with Crippen LogP contribution in [-0.2, 0) is 26.1 Å². The highest BCUT2D eigenvalue weighted by Gasteiger charge is 2.15. The van der Waals surface area contributed by atoms with Crippen molar-refractivity contribution >= 4 is 21.9 Å². The molecule has 0 saturated heterocycles. The van der Waals surface area contributed by atoms with Gasteiger partial charge >= 0.3 is 5.97 Å². The van der Waals surface area contributed by atoms with Gasteiger partial charge < -0.3 is 19.6 Å². The minimum Gasteiger partial charge on any atom is -0.478 e. The van der Waals surface area contributed by atoms with E-state index in [0.717, 1.165) is 0 Å². The SMILES string of the molecule is COCCCS(=O)(=O)NCC(=O)NCc1cc(C(=O)O)c(C)o1. The van der Waals surface area contributed by atoms with E-state index in [2.05, 4.69) is 10.0 Å². The maximum Gasteiger partial charge on any atom is 0.339 e. The van der Waals surface area contributed by atoms with Gasteiger partial charge in [-0.2, -0.15) is 0 Å². The van der Waals surface area contributed by atoms with Crippen molar-refractivity contribution in [3.8, 4) is 0 Å². The maximum atomic E-state index is 11.6. The second-order valence-corrected chi connectivity index (χ2v) is 6.68. The van der Waals surface area contributed by atoms with E-state index >= 15 is 0 Å². The van der Waals surface area contributed by atoms with Gasteiger partial charge in [-0.25, -0.2) is 17.9 Å². The summed E-state index contributed by atoms with van der Waals surface area (Å²) in [4.78, 5) is 22.5. The standard InChI is InChI=1S/C13H20N2O7S/c1-9-11(13(17)18)6-10(22-9)7-14-12(16)8-15-23(19,20)5-3-4-21-2/h6,15H,3-5,7-8H2,1-2H3,(H,14,16)(H,17,18). The molecular formula is C13H20N2O7S. The molecule has 1 aromatic heterocycles. The largest absolute Gasteiger partial charge is 0.478 e. The maximum absolute atomic E-state index is 11.6. The summed E-state index contributed by atoms with van der Waals surface area (Å²) < 4.78 is 35.3. The third-order valence-corrected chi connectivity index (χ3v) is 4.28. The number of hydrogen-bond donors (Lipinski definition) is 3. The molecule has 0 aromatic carbocycles. The quantitative estimate of drug-likeness (QED) is 0.501. The van der Waals surface area contributed by atoms with E-state index < -0.39 is 28.4 Å². The van der Waals surface area contributed by atoms with Gasteiger partial charge in [0.1, 0.15) is 17.1 Å². The molecule has 1 aromatic rings. The Morgan fingerprint density at radius 1 is 1.39 bits per heavy atom. The van der Waals surface area contributed by atoms with Crippen LogP contribution in [0.2, 0.25) is 0 Å². The summed E-state index contributed by atoms with van der Waals surface area (Å²) in [6.07, 6.45) is 0.330. The van der Waals surface area contributed by atoms with E-state index in [9.17, 15) is 18.0 Å². The zero-order valence-electron chi connectivity index (χ0n) is 12.9. The molecule has 130 valence electrons. The Bertz CT molecular complexity index is 651. The molecule has 0 atom stereocenters. The zero-order chi connectivity index (χ0) is 17.5. The molecule has 0 aliphatic carbocycles. The Hall–Kier alpha value is -1.91. The summed E-state index contributed by atoms with van der Waals surface area (Å²) in [7, 11) is -2.07. The van der Waals surface area contributed by atoms with Gasteiger partial charge in [-0.3, -0.25) is 4.79 Å². The number of hydrogen-bond acceptors (Lipinski definition) is 6. The van der Waals surface area contributed by atoms with Crippen LogP contribution in [-0.4, -0.2) is 51.4 Å². The monoisotopic (exact) mass is 348 g/mol. The highest BCUT2D eigenvalue weighted by Crippen LogP contribution is 2.14. The van der Waals surface area contributed by atoms with Gasteiger partial charge in [0, 0.05) is 13.7 Å². The number of rotatable bonds is 10. The van der Waals surface area contributed by atoms with Gasteiger partial charge in [0.05, 0.1) is 18.8 Å². The van der Waals surface area contributed by atoms with E-state index in [1.807, 2.05) is 0 Å². The van der Waals surface area contributed by atoms with Crippen LogP contribution in [0.5, 0.6) is 0 Å². The first-order chi connectivity index (χ1) is 10.7. The summed E-state index contributed by atoms with van der Waals surface area (Å²) in [6, 6.07) is 1.31. The van der Waals surface area contributed by atoms with Gasteiger partial charge in [0.2, 0.25) is 15.9 Å². The molecule has 0 radical (unpaired) electrons. The van der Waals surface area contributed by atoms with E-state index in [0.29, 0.717) is 13.0 Å². The Morgan fingerprint density at radius 2 is 2.09 bits per heavy atom. The van der Waals surface area contributed by atoms with Gasteiger partial charge in [-0.1, -0.05) is 0 Å². The molecule has 3 N–H and O–H groups in total. The van der Waals surface area contributed by atoms with Crippen LogP contribution in [0.4, 0.5) is 0 Å². The van der Waals surface area contributed by atoms with Crippen LogP contribution in [0.3, 0.4) is 0 Å². The first kappa shape index (κ1) is 19.1. The van der Waals surface area contributed by atoms with E-state index in [-0.39, 0.29) is 29.4 Å². The van der Waals surface area contributed by atoms with Crippen LogP contribution in [0.15, 0.2) is 10.5 Å². The van der Waals surface area contributed by atoms with Crippen molar-refractivity contribution in [3.05, 3.63) is 23.2 Å². The Kier molecular flexibility index (Phi) is 7.20. The number of ether oxygens (including phenoxy) is 1. The van der Waals surface area contributed by atoms with E-state index in [1.54, 1.807) is 0 Å². The van der Waals surface area contributed by atoms with Crippen molar-refractivity contribution in [2.75, 3.05) is 26.0 Å². The summed E-state index contributed by atoms with van der Waals surface area (Å²) in [6.45, 7) is 1.39. The second-order valence-electron chi connectivity index (χ2n) is 4.75. The molecule has 0 saturated carbocycles. The van der Waals surface area contributed by atoms with Crippen molar-refractivity contribution in [2.45, 2.75) is 19.9 Å². The molecule has 0 spiro atoms. The molecule has 23 heavy (non-hydrogen) atoms. The van der Waals surface area contributed by atoms with E-state index in [4.69, 9.17) is 14.3 Å². The lowest BCUT2D eigenvalue weighted by molar-refractivity contribution is -0.120. The number of nitrogens with one attached hydrogen (secondary N) is 2. The average Bonchev–Trinajstić information content (AvgIpc) is 2.84. The van der Waals surface area contributed by atoms with Crippen LogP contribution in [0.1, 0.15) is 28.3 Å². The van der Waals surface area contributed by atoms with Crippen LogP contribution in [0, 0.1) is 6.92 Å². The van der Waals surface area contributed by atoms with Crippen LogP contribution in [0.25, 0.3) is 0 Å². The van der Waals surface area contributed by atoms with Crippen LogP contribution < -0.4 is 10.0 Å². The predicted octanol–water partition coefficient (Wildman–Crippen LogP) is -0.142. The number of aryl methyl sites for hydroxylation is 1. The van der Waals surface area contributed by atoms with Gasteiger partial charge in [0.15, 0.2) is 0 Å². The number of carbonyl (C=O) groups is 2. The molecule has 9 nitrogen and oxygen atoms in total. The number of amides is 1. The zero-order valence-corrected chi connectivity index (χ0v) is 13.7. The lowest BCUT2D eigenvalue weighted by Gasteiger charge is -2.06. The molecule has 0 bridgehead atoms. The van der Waals surface area contributed by atoms with Crippen LogP contribution >= 0.6 is 0 Å². The third kappa shape index (κ3) is 6.80. The predicted molar refractivity (Wildman–Crippen MR) is 80.5 cm³/mol. The summed E-state index contributed by atoms with van der Waals surface area (Å²) in [5.41, 5.74) is 0.0214. The highest BCUT2D eigenvalue weighted by atomic mass is 32.2. The third-order valence-electron chi connectivity index (χ3n) is 2.87. The number of carboxylic acid groups (broad SMARTS) is 1. The van der Waals surface area contributed by atoms with Crippen molar-refractivity contribution in [1.29, 1.82) is 0 Å². The molecule has 0 aliphatic heterocycles. The Morgan fingerprint density at radius 3 is 2.65 bits per heavy atom. The van der Waals surface area contributed by atoms with Gasteiger partial charge in [-0.15, -0.1) is 0 Å². The van der Waals surface area contributed by atoms with Gasteiger partial charge in [-0.05, 0) is 19.4 Å². The minimum atomic E-state index is -3.54. The van der Waals surface area contributed by atoms with E-state index in [1.165, 1.54) is 20.1 Å². The molecule has 0 fully saturated rings. The Balaban J connectivity index is 2.40. The van der Waals surface area contributed by atoms with Crippen molar-refractivity contribution in [1.82, 2.24) is 10.0 Å². The Labute approximate surface area is 134 Å². The lowest BCUT2D eigenvalue weighted by Crippen LogP contribution is -2.37.